The minimum atomic E-state index is -0.553. The number of methoxy groups -OCH3 is 2. The maximum Gasteiger partial charge on any atom is 0.331 e. The zero-order valence-corrected chi connectivity index (χ0v) is 12.6. The Morgan fingerprint density at radius 3 is 2.48 bits per heavy atom. The van der Waals surface area contributed by atoms with Crippen molar-refractivity contribution in [3.63, 3.8) is 0 Å². The van der Waals surface area contributed by atoms with Crippen LogP contribution in [0.4, 0.5) is 5.69 Å². The van der Waals surface area contributed by atoms with Gasteiger partial charge < -0.3 is 19.5 Å². The average Bonchev–Trinajstić information content (AvgIpc) is 2.44. The lowest BCUT2D eigenvalue weighted by Gasteiger charge is -2.11. The van der Waals surface area contributed by atoms with Crippen LogP contribution in [-0.2, 0) is 14.3 Å². The Kier molecular flexibility index (Phi) is 6.26. The van der Waals surface area contributed by atoms with E-state index in [4.69, 9.17) is 14.2 Å². The van der Waals surface area contributed by atoms with Gasteiger partial charge in [-0.15, -0.1) is 0 Å². The number of carbonyl (C=O) groups is 2. The van der Waals surface area contributed by atoms with Gasteiger partial charge in [0.2, 0.25) is 0 Å². The van der Waals surface area contributed by atoms with Crippen LogP contribution >= 0.6 is 0 Å². The number of carbonyl (C=O) groups excluding carboxylic acids is 2. The van der Waals surface area contributed by atoms with Gasteiger partial charge in [-0.2, -0.15) is 0 Å². The normalized spacial score (nSPS) is 9.52. The maximum atomic E-state index is 11.8. The number of benzene rings is 1. The quantitative estimate of drug-likeness (QED) is 0.642. The first kappa shape index (κ1) is 16.6. The fraction of sp³-hybridized carbons (Fsp3) is 0.333. The van der Waals surface area contributed by atoms with Gasteiger partial charge in [-0.25, -0.2) is 4.79 Å². The van der Waals surface area contributed by atoms with Gasteiger partial charge in [0.1, 0.15) is 11.5 Å². The van der Waals surface area contributed by atoms with Crippen LogP contribution in [0.2, 0.25) is 0 Å². The van der Waals surface area contributed by atoms with Gasteiger partial charge in [0.15, 0.2) is 6.61 Å². The summed E-state index contributed by atoms with van der Waals surface area (Å²) >= 11 is 0. The minimum absolute atomic E-state index is 0.372. The fourth-order valence-corrected chi connectivity index (χ4v) is 1.51. The number of hydrogen-bond donors (Lipinski definition) is 1. The monoisotopic (exact) mass is 293 g/mol. The Balaban J connectivity index is 2.66. The van der Waals surface area contributed by atoms with E-state index in [-0.39, 0.29) is 6.61 Å². The molecule has 1 rings (SSSR count). The Morgan fingerprint density at radius 1 is 1.19 bits per heavy atom. The molecule has 1 amide bonds. The Morgan fingerprint density at radius 2 is 1.90 bits per heavy atom. The minimum Gasteiger partial charge on any atom is -0.497 e. The first-order valence-corrected chi connectivity index (χ1v) is 6.29. The lowest BCUT2D eigenvalue weighted by molar-refractivity contribution is -0.142. The number of esters is 1. The molecular formula is C15H19NO5. The summed E-state index contributed by atoms with van der Waals surface area (Å²) in [5, 5.41) is 2.60. The topological polar surface area (TPSA) is 73.9 Å². The van der Waals surface area contributed by atoms with Gasteiger partial charge in [-0.3, -0.25) is 4.79 Å². The smallest absolute Gasteiger partial charge is 0.331 e. The molecule has 0 saturated carbocycles. The summed E-state index contributed by atoms with van der Waals surface area (Å²) in [6.45, 7) is 3.16. The van der Waals surface area contributed by atoms with E-state index in [1.54, 1.807) is 32.0 Å². The zero-order chi connectivity index (χ0) is 15.8. The maximum absolute atomic E-state index is 11.8. The summed E-state index contributed by atoms with van der Waals surface area (Å²) in [6.07, 6.45) is 1.32. The van der Waals surface area contributed by atoms with Crippen LogP contribution in [0.3, 0.4) is 0 Å². The van der Waals surface area contributed by atoms with E-state index in [0.717, 1.165) is 5.57 Å². The van der Waals surface area contributed by atoms with Crippen LogP contribution in [0, 0.1) is 0 Å². The molecule has 0 unspecified atom stereocenters. The predicted molar refractivity (Wildman–Crippen MR) is 78.6 cm³/mol. The van der Waals surface area contributed by atoms with Crippen LogP contribution in [0.5, 0.6) is 11.5 Å². The molecule has 0 aliphatic heterocycles. The summed E-state index contributed by atoms with van der Waals surface area (Å²) in [5.41, 5.74) is 1.25. The van der Waals surface area contributed by atoms with Crippen molar-refractivity contribution in [3.05, 3.63) is 29.8 Å². The molecule has 21 heavy (non-hydrogen) atoms. The van der Waals surface area contributed by atoms with Crippen molar-refractivity contribution in [2.75, 3.05) is 26.1 Å². The second kappa shape index (κ2) is 7.94. The van der Waals surface area contributed by atoms with Crippen LogP contribution < -0.4 is 14.8 Å². The van der Waals surface area contributed by atoms with Crippen LogP contribution in [-0.4, -0.2) is 32.7 Å². The summed E-state index contributed by atoms with van der Waals surface area (Å²) in [5.74, 6) is 0.0484. The number of nitrogens with one attached hydrogen (secondary N) is 1. The molecule has 1 aromatic carbocycles. The number of anilines is 1. The van der Waals surface area contributed by atoms with Gasteiger partial charge >= 0.3 is 5.97 Å². The molecule has 1 aromatic rings. The van der Waals surface area contributed by atoms with E-state index in [1.165, 1.54) is 20.3 Å². The second-order valence-electron chi connectivity index (χ2n) is 4.44. The van der Waals surface area contributed by atoms with Crippen molar-refractivity contribution in [1.29, 1.82) is 0 Å². The van der Waals surface area contributed by atoms with Gasteiger partial charge in [-0.05, 0) is 26.0 Å². The number of rotatable bonds is 6. The predicted octanol–water partition coefficient (Wildman–Crippen LogP) is 2.15. The van der Waals surface area contributed by atoms with Crippen molar-refractivity contribution in [1.82, 2.24) is 0 Å². The van der Waals surface area contributed by atoms with Crippen molar-refractivity contribution >= 4 is 17.6 Å². The molecule has 1 N–H and O–H groups in total. The molecule has 0 aromatic heterocycles. The van der Waals surface area contributed by atoms with E-state index in [2.05, 4.69) is 5.32 Å². The molecule has 0 aliphatic carbocycles. The number of hydrogen-bond acceptors (Lipinski definition) is 5. The number of amides is 1. The van der Waals surface area contributed by atoms with Crippen molar-refractivity contribution in [2.24, 2.45) is 0 Å². The second-order valence-corrected chi connectivity index (χ2v) is 4.44. The third-order valence-electron chi connectivity index (χ3n) is 2.43. The molecule has 6 nitrogen and oxygen atoms in total. The lowest BCUT2D eigenvalue weighted by atomic mass is 10.2. The molecule has 0 atom stereocenters. The lowest BCUT2D eigenvalue weighted by Crippen LogP contribution is -2.20. The Bertz CT molecular complexity index is 547. The largest absolute Gasteiger partial charge is 0.497 e. The molecule has 0 heterocycles. The molecule has 0 spiro atoms. The first-order chi connectivity index (χ1) is 9.96. The standard InChI is InChI=1S/C15H19NO5/c1-10(2)7-15(18)21-9-14(17)16-12-8-11(19-3)5-6-13(12)20-4/h5-8H,9H2,1-4H3,(H,16,17). The third-order valence-corrected chi connectivity index (χ3v) is 2.43. The highest BCUT2D eigenvalue weighted by atomic mass is 16.5. The van der Waals surface area contributed by atoms with Crippen molar-refractivity contribution in [2.45, 2.75) is 13.8 Å². The van der Waals surface area contributed by atoms with E-state index in [9.17, 15) is 9.59 Å². The van der Waals surface area contributed by atoms with Crippen LogP contribution in [0.1, 0.15) is 13.8 Å². The van der Waals surface area contributed by atoms with Gasteiger partial charge in [0.05, 0.1) is 19.9 Å². The van der Waals surface area contributed by atoms with Gasteiger partial charge in [0.25, 0.3) is 5.91 Å². The molecule has 6 heteroatoms. The summed E-state index contributed by atoms with van der Waals surface area (Å²) in [7, 11) is 3.01. The Labute approximate surface area is 123 Å². The molecular weight excluding hydrogens is 274 g/mol. The van der Waals surface area contributed by atoms with Crippen molar-refractivity contribution < 1.29 is 23.8 Å². The first-order valence-electron chi connectivity index (χ1n) is 6.29. The van der Waals surface area contributed by atoms with E-state index < -0.39 is 11.9 Å². The molecule has 114 valence electrons. The summed E-state index contributed by atoms with van der Waals surface area (Å²) in [4.78, 5) is 23.1. The molecule has 0 radical (unpaired) electrons. The van der Waals surface area contributed by atoms with E-state index in [1.807, 2.05) is 0 Å². The molecule has 0 bridgehead atoms. The van der Waals surface area contributed by atoms with E-state index >= 15 is 0 Å². The molecule has 0 saturated heterocycles. The van der Waals surface area contributed by atoms with Gasteiger partial charge in [0, 0.05) is 12.1 Å². The SMILES string of the molecule is COc1ccc(OC)c(NC(=O)COC(=O)C=C(C)C)c1. The number of ether oxygens (including phenoxy) is 3. The summed E-state index contributed by atoms with van der Waals surface area (Å²) < 4.78 is 15.0. The third kappa shape index (κ3) is 5.56. The number of allylic oxidation sites excluding steroid dienone is 1. The van der Waals surface area contributed by atoms with Crippen LogP contribution in [0.25, 0.3) is 0 Å². The fourth-order valence-electron chi connectivity index (χ4n) is 1.51. The van der Waals surface area contributed by atoms with Gasteiger partial charge in [-0.1, -0.05) is 5.57 Å². The highest BCUT2D eigenvalue weighted by Crippen LogP contribution is 2.28. The highest BCUT2D eigenvalue weighted by molar-refractivity contribution is 5.95. The van der Waals surface area contributed by atoms with Crippen molar-refractivity contribution in [3.8, 4) is 11.5 Å². The average molecular weight is 293 g/mol. The Hall–Kier alpha value is -2.50. The van der Waals surface area contributed by atoms with Crippen LogP contribution in [0.15, 0.2) is 29.8 Å². The molecule has 0 aliphatic rings. The molecule has 0 fully saturated rings. The zero-order valence-electron chi connectivity index (χ0n) is 12.6. The van der Waals surface area contributed by atoms with E-state index in [0.29, 0.717) is 17.2 Å². The summed E-state index contributed by atoms with van der Waals surface area (Å²) in [6, 6.07) is 5.00. The highest BCUT2D eigenvalue weighted by Gasteiger charge is 2.10.